The zero-order valence-electron chi connectivity index (χ0n) is 16.6. The molecule has 1 N–H and O–H groups in total. The number of aryl methyl sites for hydroxylation is 2. The minimum absolute atomic E-state index is 0.0373. The van der Waals surface area contributed by atoms with Gasteiger partial charge in [0.1, 0.15) is 10.7 Å². The summed E-state index contributed by atoms with van der Waals surface area (Å²) >= 11 is 3.27. The van der Waals surface area contributed by atoms with E-state index in [-0.39, 0.29) is 5.56 Å². The van der Waals surface area contributed by atoms with Gasteiger partial charge in [-0.3, -0.25) is 9.69 Å². The van der Waals surface area contributed by atoms with Crippen molar-refractivity contribution >= 4 is 32.9 Å². The number of benzene rings is 1. The second-order valence-electron chi connectivity index (χ2n) is 7.77. The number of hydrogen-bond acceptors (Lipinski definition) is 5. The second-order valence-corrected chi connectivity index (χ2v) is 9.92. The van der Waals surface area contributed by atoms with Gasteiger partial charge in [-0.1, -0.05) is 24.3 Å². The van der Waals surface area contributed by atoms with Crippen LogP contribution >= 0.6 is 22.7 Å². The van der Waals surface area contributed by atoms with E-state index in [0.29, 0.717) is 18.0 Å². The number of fused-ring (bicyclic) bond motifs is 2. The van der Waals surface area contributed by atoms with Crippen molar-refractivity contribution in [1.82, 2.24) is 14.9 Å². The van der Waals surface area contributed by atoms with Crippen LogP contribution in [0.3, 0.4) is 0 Å². The molecule has 0 fully saturated rings. The third-order valence-electron chi connectivity index (χ3n) is 5.77. The SMILES string of the molecule is Cc1ccc(-c2csc3nc(CN(C)[C@@H]4CCCc5ccccc54)[nH]c(=O)c23)s1. The average molecular weight is 422 g/mol. The lowest BCUT2D eigenvalue weighted by Crippen LogP contribution is -2.29. The minimum atomic E-state index is -0.0373. The molecule has 0 unspecified atom stereocenters. The quantitative estimate of drug-likeness (QED) is 0.471. The standard InChI is InChI=1S/C23H23N3OS2/c1-14-10-11-19(29-14)17-13-28-23-21(17)22(27)24-20(25-23)12-26(2)18-9-5-7-15-6-3-4-8-16(15)18/h3-4,6,8,10-11,13,18H,5,7,9,12H2,1-2H3,(H,24,25,27)/t18-/m1/s1. The Balaban J connectivity index is 1.45. The van der Waals surface area contributed by atoms with Crippen LogP contribution in [0.15, 0.2) is 46.6 Å². The van der Waals surface area contributed by atoms with Crippen LogP contribution in [0.5, 0.6) is 0 Å². The molecule has 1 aromatic carbocycles. The molecule has 29 heavy (non-hydrogen) atoms. The number of rotatable bonds is 4. The molecule has 0 saturated heterocycles. The molecular weight excluding hydrogens is 398 g/mol. The van der Waals surface area contributed by atoms with Crippen LogP contribution < -0.4 is 5.56 Å². The van der Waals surface area contributed by atoms with Gasteiger partial charge in [-0.05, 0) is 56.5 Å². The highest BCUT2D eigenvalue weighted by atomic mass is 32.1. The lowest BCUT2D eigenvalue weighted by atomic mass is 9.87. The molecule has 1 aliphatic rings. The molecule has 1 aliphatic carbocycles. The van der Waals surface area contributed by atoms with Crippen LogP contribution in [0.1, 0.15) is 40.7 Å². The smallest absolute Gasteiger partial charge is 0.260 e. The number of nitrogens with one attached hydrogen (secondary N) is 1. The molecule has 4 nitrogen and oxygen atoms in total. The first-order valence-electron chi connectivity index (χ1n) is 9.95. The van der Waals surface area contributed by atoms with E-state index in [0.717, 1.165) is 33.9 Å². The summed E-state index contributed by atoms with van der Waals surface area (Å²) in [6, 6.07) is 13.3. The fraction of sp³-hybridized carbons (Fsp3) is 0.304. The van der Waals surface area contributed by atoms with Crippen molar-refractivity contribution in [2.45, 2.75) is 38.8 Å². The highest BCUT2D eigenvalue weighted by molar-refractivity contribution is 7.19. The van der Waals surface area contributed by atoms with Crippen LogP contribution in [-0.2, 0) is 13.0 Å². The maximum atomic E-state index is 12.9. The van der Waals surface area contributed by atoms with Gasteiger partial charge < -0.3 is 4.98 Å². The van der Waals surface area contributed by atoms with Gasteiger partial charge >= 0.3 is 0 Å². The maximum absolute atomic E-state index is 12.9. The summed E-state index contributed by atoms with van der Waals surface area (Å²) in [5, 5.41) is 2.77. The molecule has 0 spiro atoms. The number of nitrogens with zero attached hydrogens (tertiary/aromatic N) is 2. The Bertz CT molecular complexity index is 1240. The van der Waals surface area contributed by atoms with Crippen LogP contribution in [0.4, 0.5) is 0 Å². The fourth-order valence-electron chi connectivity index (χ4n) is 4.36. The van der Waals surface area contributed by atoms with Crippen molar-refractivity contribution in [2.24, 2.45) is 0 Å². The summed E-state index contributed by atoms with van der Waals surface area (Å²) in [7, 11) is 2.13. The topological polar surface area (TPSA) is 49.0 Å². The average Bonchev–Trinajstić information content (AvgIpc) is 3.33. The van der Waals surface area contributed by atoms with Crippen molar-refractivity contribution in [3.05, 3.63) is 74.0 Å². The van der Waals surface area contributed by atoms with Gasteiger partial charge in [-0.2, -0.15) is 0 Å². The zero-order chi connectivity index (χ0) is 20.0. The Morgan fingerprint density at radius 1 is 1.24 bits per heavy atom. The molecule has 0 bridgehead atoms. The summed E-state index contributed by atoms with van der Waals surface area (Å²) in [5.74, 6) is 0.740. The lowest BCUT2D eigenvalue weighted by molar-refractivity contribution is 0.208. The molecule has 0 radical (unpaired) electrons. The van der Waals surface area contributed by atoms with Crippen molar-refractivity contribution in [1.29, 1.82) is 0 Å². The molecular formula is C23H23N3OS2. The van der Waals surface area contributed by atoms with Crippen molar-refractivity contribution in [3.8, 4) is 10.4 Å². The summed E-state index contributed by atoms with van der Waals surface area (Å²) < 4.78 is 0. The van der Waals surface area contributed by atoms with Gasteiger partial charge in [-0.15, -0.1) is 22.7 Å². The van der Waals surface area contributed by atoms with Gasteiger partial charge in [0.15, 0.2) is 0 Å². The second kappa shape index (κ2) is 7.52. The third kappa shape index (κ3) is 3.45. The first kappa shape index (κ1) is 18.7. The molecule has 0 amide bonds. The van der Waals surface area contributed by atoms with E-state index >= 15 is 0 Å². The first-order chi connectivity index (χ1) is 14.1. The Hall–Kier alpha value is -2.28. The molecule has 3 heterocycles. The van der Waals surface area contributed by atoms with Gasteiger partial charge in [-0.25, -0.2) is 4.98 Å². The molecule has 6 heteroatoms. The summed E-state index contributed by atoms with van der Waals surface area (Å²) in [6.45, 7) is 2.72. The Morgan fingerprint density at radius 2 is 2.10 bits per heavy atom. The monoisotopic (exact) mass is 421 g/mol. The predicted octanol–water partition coefficient (Wildman–Crippen LogP) is 5.53. The Kier molecular flexibility index (Phi) is 4.86. The van der Waals surface area contributed by atoms with E-state index in [2.05, 4.69) is 65.6 Å². The van der Waals surface area contributed by atoms with Crippen molar-refractivity contribution in [3.63, 3.8) is 0 Å². The van der Waals surface area contributed by atoms with E-state index in [1.807, 2.05) is 0 Å². The maximum Gasteiger partial charge on any atom is 0.260 e. The van der Waals surface area contributed by atoms with E-state index in [1.54, 1.807) is 22.7 Å². The van der Waals surface area contributed by atoms with Crippen LogP contribution in [0.2, 0.25) is 0 Å². The van der Waals surface area contributed by atoms with Crippen molar-refractivity contribution < 1.29 is 0 Å². The van der Waals surface area contributed by atoms with E-state index in [4.69, 9.17) is 4.98 Å². The van der Waals surface area contributed by atoms with Crippen LogP contribution in [0.25, 0.3) is 20.7 Å². The number of hydrogen-bond donors (Lipinski definition) is 1. The Labute approximate surface area is 177 Å². The van der Waals surface area contributed by atoms with Gasteiger partial charge in [0.05, 0.1) is 11.9 Å². The van der Waals surface area contributed by atoms with Gasteiger partial charge in [0.2, 0.25) is 0 Å². The highest BCUT2D eigenvalue weighted by Gasteiger charge is 2.24. The van der Waals surface area contributed by atoms with E-state index in [9.17, 15) is 4.79 Å². The number of thiophene rings is 2. The van der Waals surface area contributed by atoms with Crippen molar-refractivity contribution in [2.75, 3.05) is 7.05 Å². The summed E-state index contributed by atoms with van der Waals surface area (Å²) in [5.41, 5.74) is 3.82. The fourth-order valence-corrected chi connectivity index (χ4v) is 6.28. The van der Waals surface area contributed by atoms with Crippen LogP contribution in [-0.4, -0.2) is 21.9 Å². The minimum Gasteiger partial charge on any atom is -0.309 e. The molecule has 5 rings (SSSR count). The number of aromatic nitrogens is 2. The predicted molar refractivity (Wildman–Crippen MR) is 122 cm³/mol. The Morgan fingerprint density at radius 3 is 2.93 bits per heavy atom. The normalized spacial score (nSPS) is 16.4. The largest absolute Gasteiger partial charge is 0.309 e. The molecule has 4 aromatic rings. The number of aromatic amines is 1. The van der Waals surface area contributed by atoms with E-state index < -0.39 is 0 Å². The van der Waals surface area contributed by atoms with Gasteiger partial charge in [0, 0.05) is 26.7 Å². The summed E-state index contributed by atoms with van der Waals surface area (Å²) in [4.78, 5) is 26.3. The molecule has 1 atom stereocenters. The molecule has 0 aliphatic heterocycles. The number of H-pyrrole nitrogens is 1. The van der Waals surface area contributed by atoms with Crippen LogP contribution in [0, 0.1) is 6.92 Å². The lowest BCUT2D eigenvalue weighted by Gasteiger charge is -2.33. The highest BCUT2D eigenvalue weighted by Crippen LogP contribution is 2.36. The summed E-state index contributed by atoms with van der Waals surface area (Å²) in [6.07, 6.45) is 3.49. The third-order valence-corrected chi connectivity index (χ3v) is 7.67. The first-order valence-corrected chi connectivity index (χ1v) is 11.6. The molecule has 3 aromatic heterocycles. The molecule has 0 saturated carbocycles. The van der Waals surface area contributed by atoms with Gasteiger partial charge in [0.25, 0.3) is 5.56 Å². The zero-order valence-corrected chi connectivity index (χ0v) is 18.2. The molecule has 148 valence electrons. The van der Waals surface area contributed by atoms with E-state index in [1.165, 1.54) is 22.4 Å².